The molecule has 1 aliphatic rings. The average Bonchev–Trinajstić information content (AvgIpc) is 2.59. The lowest BCUT2D eigenvalue weighted by Gasteiger charge is -2.37. The number of carbonyl (C=O) groups excluding carboxylic acids is 1. The van der Waals surface area contributed by atoms with Crippen LogP contribution in [0.25, 0.3) is 0 Å². The number of hydrogen-bond donors (Lipinski definition) is 2. The molecule has 2 atom stereocenters. The molecule has 1 heterocycles. The van der Waals surface area contributed by atoms with Crippen LogP contribution in [0, 0.1) is 5.92 Å². The molecule has 2 rings (SSSR count). The summed E-state index contributed by atoms with van der Waals surface area (Å²) in [6.45, 7) is 5.79. The van der Waals surface area contributed by atoms with Gasteiger partial charge in [-0.15, -0.1) is 6.58 Å². The van der Waals surface area contributed by atoms with Gasteiger partial charge in [-0.2, -0.15) is 0 Å². The molecule has 1 saturated heterocycles. The molecule has 136 valence electrons. The number of carbonyl (C=O) groups is 2. The third-order valence-electron chi connectivity index (χ3n) is 4.40. The van der Waals surface area contributed by atoms with Gasteiger partial charge in [-0.1, -0.05) is 6.08 Å². The number of sulfonamides is 1. The molecule has 0 unspecified atom stereocenters. The second-order valence-electron chi connectivity index (χ2n) is 5.99. The fraction of sp³-hybridized carbons (Fsp3) is 0.412. The van der Waals surface area contributed by atoms with Crippen molar-refractivity contribution in [2.24, 2.45) is 5.92 Å². The Morgan fingerprint density at radius 2 is 2.00 bits per heavy atom. The second-order valence-corrected chi connectivity index (χ2v) is 7.76. The molecule has 2 N–H and O–H groups in total. The minimum Gasteiger partial charge on any atom is -0.481 e. The Kier molecular flexibility index (Phi) is 5.97. The molecule has 0 aromatic heterocycles. The molecule has 1 aromatic carbocycles. The monoisotopic (exact) mass is 366 g/mol. The number of piperidine rings is 1. The number of amides is 1. The first-order valence-electron chi connectivity index (χ1n) is 8.02. The third kappa shape index (κ3) is 4.26. The number of benzene rings is 1. The molecule has 7 nitrogen and oxygen atoms in total. The SMILES string of the molecule is C=CCNS(=O)(=O)c1ccc(C(=O)N2CCC[C@@H](C(=O)O)[C@H]2C)cc1. The van der Waals surface area contributed by atoms with Crippen LogP contribution in [0.5, 0.6) is 0 Å². The molecule has 8 heteroatoms. The number of aliphatic carboxylic acids is 1. The minimum atomic E-state index is -3.64. The summed E-state index contributed by atoms with van der Waals surface area (Å²) in [7, 11) is -3.64. The van der Waals surface area contributed by atoms with Crippen LogP contribution < -0.4 is 4.72 Å². The molecule has 0 saturated carbocycles. The van der Waals surface area contributed by atoms with Crippen LogP contribution >= 0.6 is 0 Å². The molecular weight excluding hydrogens is 344 g/mol. The van der Waals surface area contributed by atoms with E-state index < -0.39 is 28.0 Å². The van der Waals surface area contributed by atoms with Gasteiger partial charge in [-0.05, 0) is 44.0 Å². The van der Waals surface area contributed by atoms with Crippen molar-refractivity contribution in [1.29, 1.82) is 0 Å². The highest BCUT2D eigenvalue weighted by Gasteiger charge is 2.35. The predicted octanol–water partition coefficient (Wildman–Crippen LogP) is 1.48. The van der Waals surface area contributed by atoms with Gasteiger partial charge in [0.2, 0.25) is 10.0 Å². The number of carboxylic acid groups (broad SMARTS) is 1. The molecule has 1 fully saturated rings. The van der Waals surface area contributed by atoms with Gasteiger partial charge in [0.05, 0.1) is 10.8 Å². The molecule has 1 aromatic rings. The number of likely N-dealkylation sites (tertiary alicyclic amines) is 1. The van der Waals surface area contributed by atoms with E-state index in [0.717, 1.165) is 0 Å². The maximum absolute atomic E-state index is 12.7. The van der Waals surface area contributed by atoms with Gasteiger partial charge >= 0.3 is 5.97 Å². The smallest absolute Gasteiger partial charge is 0.308 e. The number of nitrogens with one attached hydrogen (secondary N) is 1. The molecule has 25 heavy (non-hydrogen) atoms. The lowest BCUT2D eigenvalue weighted by molar-refractivity contribution is -0.144. The van der Waals surface area contributed by atoms with E-state index in [1.165, 1.54) is 30.3 Å². The van der Waals surface area contributed by atoms with Crippen molar-refractivity contribution in [2.75, 3.05) is 13.1 Å². The Morgan fingerprint density at radius 1 is 1.36 bits per heavy atom. The van der Waals surface area contributed by atoms with Crippen LogP contribution in [0.3, 0.4) is 0 Å². The second kappa shape index (κ2) is 7.79. The third-order valence-corrected chi connectivity index (χ3v) is 5.83. The van der Waals surface area contributed by atoms with Crippen molar-refractivity contribution in [3.8, 4) is 0 Å². The van der Waals surface area contributed by atoms with E-state index in [1.807, 2.05) is 0 Å². The zero-order chi connectivity index (χ0) is 18.6. The Bertz CT molecular complexity index is 758. The van der Waals surface area contributed by atoms with Gasteiger partial charge in [0.15, 0.2) is 0 Å². The Balaban J connectivity index is 2.17. The number of nitrogens with zero attached hydrogens (tertiary/aromatic N) is 1. The number of hydrogen-bond acceptors (Lipinski definition) is 4. The van der Waals surface area contributed by atoms with E-state index in [-0.39, 0.29) is 17.3 Å². The van der Waals surface area contributed by atoms with Gasteiger partial charge in [0.1, 0.15) is 0 Å². The first-order valence-corrected chi connectivity index (χ1v) is 9.50. The van der Waals surface area contributed by atoms with Crippen molar-refractivity contribution in [1.82, 2.24) is 9.62 Å². The average molecular weight is 366 g/mol. The molecule has 1 aliphatic heterocycles. The van der Waals surface area contributed by atoms with E-state index in [9.17, 15) is 23.1 Å². The van der Waals surface area contributed by atoms with Crippen molar-refractivity contribution in [3.63, 3.8) is 0 Å². The standard InChI is InChI=1S/C17H22N2O5S/c1-3-10-18-25(23,24)14-8-6-13(7-9-14)16(20)19-11-4-5-15(12(19)2)17(21)22/h3,6-9,12,15,18H,1,4-5,10-11H2,2H3,(H,21,22)/t12-,15-/m1/s1. The van der Waals surface area contributed by atoms with Crippen LogP contribution in [0.4, 0.5) is 0 Å². The Morgan fingerprint density at radius 3 is 2.56 bits per heavy atom. The highest BCUT2D eigenvalue weighted by Crippen LogP contribution is 2.25. The number of rotatable bonds is 6. The summed E-state index contributed by atoms with van der Waals surface area (Å²) in [5, 5.41) is 9.26. The van der Waals surface area contributed by atoms with Crippen molar-refractivity contribution >= 4 is 21.9 Å². The first-order chi connectivity index (χ1) is 11.8. The normalized spacial score (nSPS) is 20.9. The van der Waals surface area contributed by atoms with Crippen molar-refractivity contribution < 1.29 is 23.1 Å². The van der Waals surface area contributed by atoms with Gasteiger partial charge < -0.3 is 10.0 Å². The summed E-state index contributed by atoms with van der Waals surface area (Å²) in [6, 6.07) is 5.21. The minimum absolute atomic E-state index is 0.0565. The first kappa shape index (κ1) is 19.1. The molecular formula is C17H22N2O5S. The van der Waals surface area contributed by atoms with Crippen LogP contribution in [0.2, 0.25) is 0 Å². The fourth-order valence-electron chi connectivity index (χ4n) is 2.95. The van der Waals surface area contributed by atoms with Crippen molar-refractivity contribution in [3.05, 3.63) is 42.5 Å². The highest BCUT2D eigenvalue weighted by atomic mass is 32.2. The summed E-state index contributed by atoms with van der Waals surface area (Å²) in [5.74, 6) is -1.78. The van der Waals surface area contributed by atoms with E-state index in [2.05, 4.69) is 11.3 Å². The summed E-state index contributed by atoms with van der Waals surface area (Å²) in [6.07, 6.45) is 2.61. The molecule has 0 bridgehead atoms. The summed E-state index contributed by atoms with van der Waals surface area (Å²) >= 11 is 0. The van der Waals surface area contributed by atoms with Gasteiger partial charge in [0, 0.05) is 24.7 Å². The van der Waals surface area contributed by atoms with Gasteiger partial charge in [-0.3, -0.25) is 9.59 Å². The van der Waals surface area contributed by atoms with Gasteiger partial charge in [0.25, 0.3) is 5.91 Å². The summed E-state index contributed by atoms with van der Waals surface area (Å²) < 4.78 is 26.4. The topological polar surface area (TPSA) is 104 Å². The maximum atomic E-state index is 12.7. The summed E-state index contributed by atoms with van der Waals surface area (Å²) in [5.41, 5.74) is 0.334. The molecule has 0 aliphatic carbocycles. The zero-order valence-corrected chi connectivity index (χ0v) is 14.8. The Labute approximate surface area is 147 Å². The maximum Gasteiger partial charge on any atom is 0.308 e. The van der Waals surface area contributed by atoms with E-state index in [1.54, 1.807) is 11.8 Å². The zero-order valence-electron chi connectivity index (χ0n) is 14.0. The molecule has 1 amide bonds. The van der Waals surface area contributed by atoms with E-state index in [0.29, 0.717) is 24.9 Å². The summed E-state index contributed by atoms with van der Waals surface area (Å²) in [4.78, 5) is 25.6. The quantitative estimate of drug-likeness (QED) is 0.742. The molecule has 0 spiro atoms. The van der Waals surface area contributed by atoms with E-state index >= 15 is 0 Å². The fourth-order valence-corrected chi connectivity index (χ4v) is 3.95. The largest absolute Gasteiger partial charge is 0.481 e. The van der Waals surface area contributed by atoms with E-state index in [4.69, 9.17) is 0 Å². The number of carboxylic acids is 1. The predicted molar refractivity (Wildman–Crippen MR) is 92.7 cm³/mol. The van der Waals surface area contributed by atoms with Crippen LogP contribution in [0.1, 0.15) is 30.1 Å². The lowest BCUT2D eigenvalue weighted by Crippen LogP contribution is -2.49. The van der Waals surface area contributed by atoms with Gasteiger partial charge in [-0.25, -0.2) is 13.1 Å². The van der Waals surface area contributed by atoms with Crippen molar-refractivity contribution in [2.45, 2.75) is 30.7 Å². The molecule has 0 radical (unpaired) electrons. The van der Waals surface area contributed by atoms with Crippen LogP contribution in [-0.2, 0) is 14.8 Å². The highest BCUT2D eigenvalue weighted by molar-refractivity contribution is 7.89. The van der Waals surface area contributed by atoms with Crippen LogP contribution in [0.15, 0.2) is 41.8 Å². The lowest BCUT2D eigenvalue weighted by atomic mass is 9.90. The van der Waals surface area contributed by atoms with Crippen LogP contribution in [-0.4, -0.2) is 49.4 Å². The Hall–Kier alpha value is -2.19.